The van der Waals surface area contributed by atoms with Crippen LogP contribution in [0.1, 0.15) is 46.1 Å². The summed E-state index contributed by atoms with van der Waals surface area (Å²) >= 11 is 6.36. The Morgan fingerprint density at radius 1 is 1.34 bits per heavy atom. The highest BCUT2D eigenvalue weighted by atomic mass is 35.5. The third kappa shape index (κ3) is 2.99. The van der Waals surface area contributed by atoms with Gasteiger partial charge in [0.05, 0.1) is 29.5 Å². The minimum Gasteiger partial charge on any atom is -0.441 e. The number of halogens is 1. The van der Waals surface area contributed by atoms with Gasteiger partial charge < -0.3 is 15.0 Å². The van der Waals surface area contributed by atoms with E-state index in [1.807, 2.05) is 31.0 Å². The number of aromatic nitrogens is 2. The molecule has 1 saturated heterocycles. The molecule has 1 N–H and O–H groups in total. The molecule has 1 aromatic heterocycles. The van der Waals surface area contributed by atoms with Crippen LogP contribution in [0.2, 0.25) is 5.02 Å². The maximum atomic E-state index is 13.2. The minimum atomic E-state index is -0.380. The van der Waals surface area contributed by atoms with E-state index in [1.54, 1.807) is 10.9 Å². The van der Waals surface area contributed by atoms with Crippen molar-refractivity contribution in [1.29, 1.82) is 0 Å². The van der Waals surface area contributed by atoms with E-state index in [9.17, 15) is 9.59 Å². The van der Waals surface area contributed by atoms with Gasteiger partial charge in [-0.05, 0) is 37.3 Å². The van der Waals surface area contributed by atoms with E-state index in [0.717, 1.165) is 35.2 Å². The van der Waals surface area contributed by atoms with Crippen molar-refractivity contribution in [2.45, 2.75) is 37.8 Å². The number of ether oxygens (including phenoxy) is 1. The molecule has 2 amide bonds. The van der Waals surface area contributed by atoms with Gasteiger partial charge in [-0.1, -0.05) is 29.3 Å². The number of aryl methyl sites for hydroxylation is 2. The van der Waals surface area contributed by atoms with Gasteiger partial charge in [0, 0.05) is 25.6 Å². The molecule has 2 fully saturated rings. The summed E-state index contributed by atoms with van der Waals surface area (Å²) in [4.78, 5) is 26.6. The van der Waals surface area contributed by atoms with Crippen molar-refractivity contribution in [1.82, 2.24) is 20.0 Å². The zero-order valence-electron chi connectivity index (χ0n) is 16.4. The van der Waals surface area contributed by atoms with Crippen molar-refractivity contribution in [3.8, 4) is 0 Å². The molecule has 8 heteroatoms. The Bertz CT molecular complexity index is 992. The number of alkyl carbamates (subject to hydrolysis) is 1. The molecular weight excluding hydrogens is 392 g/mol. The van der Waals surface area contributed by atoms with Crippen LogP contribution < -0.4 is 5.32 Å². The number of rotatable bonds is 4. The van der Waals surface area contributed by atoms with E-state index >= 15 is 0 Å². The van der Waals surface area contributed by atoms with Crippen LogP contribution in [0, 0.1) is 12.8 Å². The van der Waals surface area contributed by atoms with E-state index in [1.165, 1.54) is 0 Å². The third-order valence-corrected chi connectivity index (χ3v) is 6.79. The number of nitrogens with zero attached hydrogens (tertiary/aromatic N) is 3. The molecule has 3 heterocycles. The zero-order chi connectivity index (χ0) is 20.3. The second-order valence-electron chi connectivity index (χ2n) is 8.53. The topological polar surface area (TPSA) is 76.5 Å². The monoisotopic (exact) mass is 414 g/mol. The second kappa shape index (κ2) is 6.49. The van der Waals surface area contributed by atoms with Gasteiger partial charge in [-0.3, -0.25) is 9.48 Å². The molecule has 2 aromatic rings. The first kappa shape index (κ1) is 18.5. The molecule has 1 aromatic carbocycles. The molecule has 2 aliphatic heterocycles. The lowest BCUT2D eigenvalue weighted by Crippen LogP contribution is -2.51. The molecule has 1 saturated carbocycles. The summed E-state index contributed by atoms with van der Waals surface area (Å²) in [5, 5.41) is 7.60. The average Bonchev–Trinajstić information content (AvgIpc) is 3.27. The lowest BCUT2D eigenvalue weighted by atomic mass is 9.70. The van der Waals surface area contributed by atoms with Crippen molar-refractivity contribution >= 4 is 23.6 Å². The zero-order valence-corrected chi connectivity index (χ0v) is 17.2. The standard InChI is InChI=1S/C21H23ClN4O3/c1-12-3-4-14-15(5-12)17(6-18-16(22)9-24-25(18)2)26(19(14)27)10-13-7-21(8-13)11-23-20(28)29-21/h3-5,9,13,17H,6-8,10-11H2,1-2H3,(H,23,28). The van der Waals surface area contributed by atoms with Gasteiger partial charge in [-0.15, -0.1) is 0 Å². The van der Waals surface area contributed by atoms with Crippen LogP contribution >= 0.6 is 11.6 Å². The molecule has 3 aliphatic rings. The Hall–Kier alpha value is -2.54. The molecule has 1 spiro atoms. The summed E-state index contributed by atoms with van der Waals surface area (Å²) in [6.45, 7) is 3.24. The highest BCUT2D eigenvalue weighted by Gasteiger charge is 2.52. The molecular formula is C21H23ClN4O3. The lowest BCUT2D eigenvalue weighted by Gasteiger charge is -2.44. The SMILES string of the molecule is Cc1ccc2c(c1)C(Cc1c(Cl)cnn1C)N(CC1CC3(CNC(=O)O3)C1)C2=O. The molecule has 0 radical (unpaired) electrons. The maximum absolute atomic E-state index is 13.2. The lowest BCUT2D eigenvalue weighted by molar-refractivity contribution is -0.0555. The highest BCUT2D eigenvalue weighted by molar-refractivity contribution is 6.31. The van der Waals surface area contributed by atoms with E-state index < -0.39 is 0 Å². The van der Waals surface area contributed by atoms with Gasteiger partial charge >= 0.3 is 6.09 Å². The van der Waals surface area contributed by atoms with E-state index in [-0.39, 0.29) is 23.6 Å². The van der Waals surface area contributed by atoms with Gasteiger partial charge in [-0.25, -0.2) is 4.79 Å². The molecule has 152 valence electrons. The summed E-state index contributed by atoms with van der Waals surface area (Å²) in [6.07, 6.45) is 3.49. The number of hydrogen-bond acceptors (Lipinski definition) is 4. The molecule has 1 aliphatic carbocycles. The fourth-order valence-corrected chi connectivity index (χ4v) is 5.27. The van der Waals surface area contributed by atoms with Crippen molar-refractivity contribution in [3.63, 3.8) is 0 Å². The van der Waals surface area contributed by atoms with Gasteiger partial charge in [0.25, 0.3) is 5.91 Å². The van der Waals surface area contributed by atoms with Gasteiger partial charge in [0.15, 0.2) is 0 Å². The van der Waals surface area contributed by atoms with Crippen molar-refractivity contribution < 1.29 is 14.3 Å². The molecule has 1 unspecified atom stereocenters. The van der Waals surface area contributed by atoms with Crippen LogP contribution in [-0.4, -0.2) is 45.4 Å². The number of amides is 2. The van der Waals surface area contributed by atoms with Crippen LogP contribution in [0.5, 0.6) is 0 Å². The predicted octanol–water partition coefficient (Wildman–Crippen LogP) is 3.01. The molecule has 5 rings (SSSR count). The van der Waals surface area contributed by atoms with Crippen LogP contribution in [0.15, 0.2) is 24.4 Å². The summed E-state index contributed by atoms with van der Waals surface area (Å²) in [7, 11) is 1.87. The second-order valence-corrected chi connectivity index (χ2v) is 8.94. The molecule has 0 bridgehead atoms. The fraction of sp³-hybridized carbons (Fsp3) is 0.476. The predicted molar refractivity (Wildman–Crippen MR) is 107 cm³/mol. The van der Waals surface area contributed by atoms with E-state index in [2.05, 4.69) is 16.5 Å². The molecule has 1 atom stereocenters. The normalized spacial score (nSPS) is 27.8. The first-order valence-electron chi connectivity index (χ1n) is 9.90. The fourth-order valence-electron chi connectivity index (χ4n) is 5.03. The number of carbonyl (C=O) groups excluding carboxylic acids is 2. The molecule has 7 nitrogen and oxygen atoms in total. The third-order valence-electron chi connectivity index (χ3n) is 6.47. The number of carbonyl (C=O) groups is 2. The number of nitrogens with one attached hydrogen (secondary N) is 1. The number of benzene rings is 1. The van der Waals surface area contributed by atoms with Crippen LogP contribution in [0.25, 0.3) is 0 Å². The number of fused-ring (bicyclic) bond motifs is 1. The van der Waals surface area contributed by atoms with Crippen LogP contribution in [0.4, 0.5) is 4.79 Å². The van der Waals surface area contributed by atoms with Crippen molar-refractivity contribution in [2.24, 2.45) is 13.0 Å². The van der Waals surface area contributed by atoms with Gasteiger partial charge in [0.2, 0.25) is 0 Å². The van der Waals surface area contributed by atoms with Gasteiger partial charge in [0.1, 0.15) is 5.60 Å². The largest absolute Gasteiger partial charge is 0.441 e. The van der Waals surface area contributed by atoms with Gasteiger partial charge in [-0.2, -0.15) is 5.10 Å². The Labute approximate surface area is 174 Å². The Morgan fingerprint density at radius 2 is 2.14 bits per heavy atom. The molecule has 29 heavy (non-hydrogen) atoms. The highest BCUT2D eigenvalue weighted by Crippen LogP contribution is 2.46. The Morgan fingerprint density at radius 3 is 2.79 bits per heavy atom. The van der Waals surface area contributed by atoms with Crippen LogP contribution in [-0.2, 0) is 18.2 Å². The van der Waals surface area contributed by atoms with E-state index in [0.29, 0.717) is 30.5 Å². The summed E-state index contributed by atoms with van der Waals surface area (Å²) < 4.78 is 7.22. The average molecular weight is 415 g/mol. The van der Waals surface area contributed by atoms with E-state index in [4.69, 9.17) is 16.3 Å². The summed E-state index contributed by atoms with van der Waals surface area (Å²) in [6, 6.07) is 5.94. The number of hydrogen-bond donors (Lipinski definition) is 1. The minimum absolute atomic E-state index is 0.0609. The first-order valence-corrected chi connectivity index (χ1v) is 10.3. The van der Waals surface area contributed by atoms with Crippen molar-refractivity contribution in [2.75, 3.05) is 13.1 Å². The summed E-state index contributed by atoms with van der Waals surface area (Å²) in [5.74, 6) is 0.373. The maximum Gasteiger partial charge on any atom is 0.407 e. The summed E-state index contributed by atoms with van der Waals surface area (Å²) in [5.41, 5.74) is 3.49. The quantitative estimate of drug-likeness (QED) is 0.834. The first-order chi connectivity index (χ1) is 13.8. The Balaban J connectivity index is 1.40. The van der Waals surface area contributed by atoms with Crippen LogP contribution in [0.3, 0.4) is 0 Å². The smallest absolute Gasteiger partial charge is 0.407 e. The van der Waals surface area contributed by atoms with Crippen molar-refractivity contribution in [3.05, 3.63) is 51.8 Å². The Kier molecular flexibility index (Phi) is 4.13.